The molecule has 0 fully saturated rings. The largest absolute Gasteiger partial charge is 0.486 e. The Morgan fingerprint density at radius 1 is 0.806 bits per heavy atom. The van der Waals surface area contributed by atoms with Crippen LogP contribution in [0.5, 0.6) is 0 Å². The summed E-state index contributed by atoms with van der Waals surface area (Å²) in [4.78, 5) is 41.8. The Hall–Kier alpha value is -5.92. The molecule has 0 atom stereocenters. The quantitative estimate of drug-likeness (QED) is 0.290. The number of pyridine rings is 3. The first-order valence-corrected chi connectivity index (χ1v) is 10.0. The van der Waals surface area contributed by atoms with Crippen LogP contribution in [-0.4, -0.2) is 37.1 Å². The fraction of sp³-hybridized carbons (Fsp3) is 0. The van der Waals surface area contributed by atoms with E-state index in [0.29, 0.717) is 39.5 Å². The number of hydrogen-bond acceptors (Lipinski definition) is 6. The molecule has 0 bridgehead atoms. The lowest BCUT2D eigenvalue weighted by molar-refractivity contribution is -0.133. The van der Waals surface area contributed by atoms with Crippen LogP contribution in [0.25, 0.3) is 50.7 Å². The summed E-state index contributed by atoms with van der Waals surface area (Å²) in [5.41, 5.74) is 1.81. The molecule has 0 spiro atoms. The average Bonchev–Trinajstić information content (AvgIpc) is 2.89. The lowest BCUT2D eigenvalue weighted by Crippen LogP contribution is -1.98. The number of carboxylic acid groups (broad SMARTS) is 2. The predicted octanol–water partition coefficient (Wildman–Crippen LogP) is 4.43. The second-order valence-corrected chi connectivity index (χ2v) is 6.98. The zero-order valence-electron chi connectivity index (χ0n) is 18.3. The number of hydrogen-bond donors (Lipinski definition) is 2. The fourth-order valence-corrected chi connectivity index (χ4v) is 3.00. The van der Waals surface area contributed by atoms with Gasteiger partial charge in [-0.2, -0.15) is 5.26 Å². The molecule has 0 saturated carbocycles. The Morgan fingerprint density at radius 2 is 1.28 bits per heavy atom. The van der Waals surface area contributed by atoms with Gasteiger partial charge in [-0.15, -0.1) is 0 Å². The van der Waals surface area contributed by atoms with Crippen molar-refractivity contribution in [1.82, 2.24) is 15.0 Å². The number of carbonyl (C=O) groups is 2. The number of nitrogens with zero attached hydrogens (tertiary/aromatic N) is 6. The van der Waals surface area contributed by atoms with Gasteiger partial charge in [0.05, 0.1) is 42.0 Å². The maximum atomic E-state index is 11.4. The number of allylic oxidation sites excluding steroid dienone is 1. The van der Waals surface area contributed by atoms with E-state index in [4.69, 9.17) is 23.5 Å². The highest BCUT2D eigenvalue weighted by molar-refractivity contribution is 5.95. The molecule has 172 valence electrons. The SMILES string of the molecule is [C-]#[N+]/C(=C/c1ccnc(-c2cc(/C=C(/[N+]#[C-])C(=O)O)cc(-c3cc(/C=C/C#N)ccn3)n2)c1)C(=O)O. The van der Waals surface area contributed by atoms with Crippen LogP contribution in [0.4, 0.5) is 0 Å². The third-order valence-corrected chi connectivity index (χ3v) is 4.58. The van der Waals surface area contributed by atoms with Gasteiger partial charge in [-0.1, -0.05) is 0 Å². The zero-order valence-corrected chi connectivity index (χ0v) is 18.3. The summed E-state index contributed by atoms with van der Waals surface area (Å²) < 4.78 is 0. The maximum Gasteiger partial charge on any atom is 0.333 e. The molecule has 3 rings (SSSR count). The van der Waals surface area contributed by atoms with Crippen molar-refractivity contribution in [2.75, 3.05) is 0 Å². The van der Waals surface area contributed by atoms with Crippen LogP contribution >= 0.6 is 0 Å². The van der Waals surface area contributed by atoms with Gasteiger partial charge < -0.3 is 10.2 Å². The molecule has 0 aliphatic heterocycles. The third kappa shape index (κ3) is 6.10. The number of aliphatic carboxylic acids is 2. The van der Waals surface area contributed by atoms with Crippen LogP contribution in [0.1, 0.15) is 16.7 Å². The van der Waals surface area contributed by atoms with E-state index in [1.165, 1.54) is 48.8 Å². The normalized spacial score (nSPS) is 11.4. The molecule has 10 nitrogen and oxygen atoms in total. The second kappa shape index (κ2) is 11.3. The van der Waals surface area contributed by atoms with Gasteiger partial charge in [0.15, 0.2) is 0 Å². The first kappa shape index (κ1) is 24.7. The molecule has 3 aromatic rings. The standard InChI is InChI=1S/C26H14N6O4/c1-28-23(25(33)34)12-17-6-9-31-20(11-17)22-14-18(15-24(29-2)26(35)36)13-21(32-22)19-10-16(4-3-7-27)5-8-30-19/h3-6,8-15H,(H,33,34)(H,35,36)/b4-3+,23-12+,24-15+. The van der Waals surface area contributed by atoms with Crippen molar-refractivity contribution >= 4 is 30.2 Å². The Bertz CT molecular complexity index is 1580. The van der Waals surface area contributed by atoms with Crippen LogP contribution in [-0.2, 0) is 9.59 Å². The summed E-state index contributed by atoms with van der Waals surface area (Å²) in [7, 11) is 0. The Morgan fingerprint density at radius 3 is 1.78 bits per heavy atom. The maximum absolute atomic E-state index is 11.4. The topological polar surface area (TPSA) is 146 Å². The molecule has 0 amide bonds. The van der Waals surface area contributed by atoms with E-state index in [-0.39, 0.29) is 0 Å². The average molecular weight is 474 g/mol. The Kier molecular flexibility index (Phi) is 7.75. The van der Waals surface area contributed by atoms with Crippen LogP contribution in [0.3, 0.4) is 0 Å². The monoisotopic (exact) mass is 474 g/mol. The minimum atomic E-state index is -1.39. The van der Waals surface area contributed by atoms with Crippen molar-refractivity contribution in [3.63, 3.8) is 0 Å². The lowest BCUT2D eigenvalue weighted by Gasteiger charge is -2.08. The first-order chi connectivity index (χ1) is 17.3. The van der Waals surface area contributed by atoms with Gasteiger partial charge in [0.25, 0.3) is 11.4 Å². The lowest BCUT2D eigenvalue weighted by atomic mass is 10.1. The highest BCUT2D eigenvalue weighted by Gasteiger charge is 2.13. The molecule has 36 heavy (non-hydrogen) atoms. The van der Waals surface area contributed by atoms with E-state index in [2.05, 4.69) is 24.6 Å². The van der Waals surface area contributed by atoms with Gasteiger partial charge in [-0.3, -0.25) is 19.6 Å². The molecule has 3 aromatic heterocycles. The van der Waals surface area contributed by atoms with Gasteiger partial charge in [0.1, 0.15) is 0 Å². The summed E-state index contributed by atoms with van der Waals surface area (Å²) in [5.74, 6) is -2.76. The molecule has 0 aromatic carbocycles. The molecular weight excluding hydrogens is 460 g/mol. The number of nitriles is 1. The van der Waals surface area contributed by atoms with E-state index in [9.17, 15) is 14.7 Å². The fourth-order valence-electron chi connectivity index (χ4n) is 3.00. The minimum Gasteiger partial charge on any atom is -0.486 e. The van der Waals surface area contributed by atoms with Gasteiger partial charge in [0, 0.05) is 18.5 Å². The first-order valence-electron chi connectivity index (χ1n) is 10.0. The predicted molar refractivity (Wildman–Crippen MR) is 130 cm³/mol. The van der Waals surface area contributed by atoms with Crippen molar-refractivity contribution in [3.05, 3.63) is 106 Å². The molecular formula is C26H14N6O4. The van der Waals surface area contributed by atoms with Crippen molar-refractivity contribution < 1.29 is 19.8 Å². The Balaban J connectivity index is 2.22. The van der Waals surface area contributed by atoms with Gasteiger partial charge >= 0.3 is 11.9 Å². The van der Waals surface area contributed by atoms with Crippen molar-refractivity contribution in [2.24, 2.45) is 0 Å². The molecule has 10 heteroatoms. The molecule has 0 radical (unpaired) electrons. The minimum absolute atomic E-state index is 0.295. The summed E-state index contributed by atoms with van der Waals surface area (Å²) in [6.45, 7) is 14.2. The van der Waals surface area contributed by atoms with E-state index in [0.717, 1.165) is 0 Å². The summed E-state index contributed by atoms with van der Waals surface area (Å²) >= 11 is 0. The highest BCUT2D eigenvalue weighted by atomic mass is 16.4. The van der Waals surface area contributed by atoms with Crippen LogP contribution in [0, 0.1) is 24.5 Å². The van der Waals surface area contributed by atoms with Crippen molar-refractivity contribution in [3.8, 4) is 28.8 Å². The summed E-state index contributed by atoms with van der Waals surface area (Å²) in [6.07, 6.45) is 8.23. The molecule has 3 heterocycles. The number of aromatic nitrogens is 3. The molecule has 0 saturated heterocycles. The molecule has 0 aliphatic carbocycles. The summed E-state index contributed by atoms with van der Waals surface area (Å²) in [5, 5.41) is 27.2. The van der Waals surface area contributed by atoms with E-state index < -0.39 is 23.3 Å². The smallest absolute Gasteiger partial charge is 0.333 e. The van der Waals surface area contributed by atoms with Crippen LogP contribution in [0.15, 0.2) is 66.3 Å². The van der Waals surface area contributed by atoms with Crippen LogP contribution < -0.4 is 0 Å². The van der Waals surface area contributed by atoms with Gasteiger partial charge in [-0.05, 0) is 71.3 Å². The third-order valence-electron chi connectivity index (χ3n) is 4.58. The number of rotatable bonds is 7. The molecule has 0 aliphatic rings. The van der Waals surface area contributed by atoms with Crippen LogP contribution in [0.2, 0.25) is 0 Å². The highest BCUT2D eigenvalue weighted by Crippen LogP contribution is 2.26. The van der Waals surface area contributed by atoms with E-state index in [1.807, 2.05) is 6.07 Å². The summed E-state index contributed by atoms with van der Waals surface area (Å²) in [6, 6.07) is 11.4. The second-order valence-electron chi connectivity index (χ2n) is 6.98. The molecule has 2 N–H and O–H groups in total. The van der Waals surface area contributed by atoms with Gasteiger partial charge in [-0.25, -0.2) is 14.7 Å². The van der Waals surface area contributed by atoms with Crippen molar-refractivity contribution in [1.29, 1.82) is 5.26 Å². The van der Waals surface area contributed by atoms with Gasteiger partial charge in [0.2, 0.25) is 0 Å². The Labute approximate surface area is 205 Å². The number of carboxylic acids is 2. The molecule has 0 unspecified atom stereocenters. The van der Waals surface area contributed by atoms with Crippen molar-refractivity contribution in [2.45, 2.75) is 0 Å². The van der Waals surface area contributed by atoms with E-state index in [1.54, 1.807) is 24.3 Å². The zero-order chi connectivity index (χ0) is 26.1. The van der Waals surface area contributed by atoms with E-state index >= 15 is 0 Å².